The monoisotopic (exact) mass is 657 g/mol. The summed E-state index contributed by atoms with van der Waals surface area (Å²) >= 11 is 1.84. The van der Waals surface area contributed by atoms with Gasteiger partial charge in [0.1, 0.15) is 5.82 Å². The van der Waals surface area contributed by atoms with Gasteiger partial charge in [-0.2, -0.15) is 0 Å². The van der Waals surface area contributed by atoms with E-state index in [4.69, 9.17) is 19.9 Å². The van der Waals surface area contributed by atoms with Gasteiger partial charge in [-0.05, 0) is 59.7 Å². The molecule has 6 heteroatoms. The Hall–Kier alpha value is -6.50. The van der Waals surface area contributed by atoms with Crippen LogP contribution < -0.4 is 0 Å². The zero-order valence-corrected chi connectivity index (χ0v) is 27.5. The second-order valence-electron chi connectivity index (χ2n) is 12.3. The standard InChI is InChI=1S/C44H27N5S/c1-3-12-28(13-4-1)41-46-42(29-14-5-2-6-15-29)48-43(47-41)34-18-11-25-45-44(34)49-37-19-9-7-16-32(37)35-26-30(21-23-38(35)49)31-22-24-40-36(27-31)33-17-8-10-20-39(33)50-40/h1-27H. The summed E-state index contributed by atoms with van der Waals surface area (Å²) in [5.41, 5.74) is 7.19. The summed E-state index contributed by atoms with van der Waals surface area (Å²) in [7, 11) is 0. The molecule has 0 aliphatic carbocycles. The largest absolute Gasteiger partial charge is 0.293 e. The average molecular weight is 658 g/mol. The highest BCUT2D eigenvalue weighted by atomic mass is 32.1. The minimum atomic E-state index is 0.569. The number of benzene rings is 6. The van der Waals surface area contributed by atoms with Gasteiger partial charge in [0.2, 0.25) is 0 Å². The van der Waals surface area contributed by atoms with Crippen molar-refractivity contribution in [3.05, 3.63) is 164 Å². The average Bonchev–Trinajstić information content (AvgIpc) is 3.73. The molecule has 0 saturated carbocycles. The fraction of sp³-hybridized carbons (Fsp3) is 0. The summed E-state index contributed by atoms with van der Waals surface area (Å²) in [6.07, 6.45) is 1.84. The van der Waals surface area contributed by atoms with Gasteiger partial charge in [0.15, 0.2) is 17.5 Å². The molecule has 234 valence electrons. The van der Waals surface area contributed by atoms with Crippen molar-refractivity contribution >= 4 is 53.3 Å². The molecule has 4 heterocycles. The van der Waals surface area contributed by atoms with Gasteiger partial charge in [0, 0.05) is 48.3 Å². The Balaban J connectivity index is 1.17. The molecule has 10 aromatic rings. The Morgan fingerprint density at radius 2 is 0.980 bits per heavy atom. The summed E-state index contributed by atoms with van der Waals surface area (Å²) in [4.78, 5) is 20.0. The van der Waals surface area contributed by atoms with Crippen molar-refractivity contribution in [2.24, 2.45) is 0 Å². The summed E-state index contributed by atoms with van der Waals surface area (Å²) in [6, 6.07) is 54.9. The molecular weight excluding hydrogens is 631 g/mol. The Morgan fingerprint density at radius 1 is 0.400 bits per heavy atom. The molecule has 0 N–H and O–H groups in total. The first-order chi connectivity index (χ1) is 24.8. The fourth-order valence-corrected chi connectivity index (χ4v) is 8.05. The van der Waals surface area contributed by atoms with E-state index in [1.807, 2.05) is 84.3 Å². The Labute approximate surface area is 291 Å². The maximum absolute atomic E-state index is 5.05. The van der Waals surface area contributed by atoms with E-state index in [-0.39, 0.29) is 0 Å². The van der Waals surface area contributed by atoms with Crippen LogP contribution in [-0.4, -0.2) is 24.5 Å². The third kappa shape index (κ3) is 4.69. The van der Waals surface area contributed by atoms with Crippen molar-refractivity contribution in [3.63, 3.8) is 0 Å². The number of fused-ring (bicyclic) bond motifs is 6. The molecule has 10 rings (SSSR count). The Morgan fingerprint density at radius 3 is 1.74 bits per heavy atom. The number of nitrogens with zero attached hydrogens (tertiary/aromatic N) is 5. The van der Waals surface area contributed by atoms with Crippen LogP contribution in [0.25, 0.3) is 93.1 Å². The van der Waals surface area contributed by atoms with E-state index in [1.165, 1.54) is 31.3 Å². The molecule has 5 nitrogen and oxygen atoms in total. The molecule has 0 amide bonds. The number of pyridine rings is 1. The van der Waals surface area contributed by atoms with Crippen LogP contribution in [0.5, 0.6) is 0 Å². The van der Waals surface area contributed by atoms with Crippen LogP contribution in [0.2, 0.25) is 0 Å². The molecule has 50 heavy (non-hydrogen) atoms. The van der Waals surface area contributed by atoms with Gasteiger partial charge in [-0.1, -0.05) is 109 Å². The van der Waals surface area contributed by atoms with Crippen molar-refractivity contribution in [3.8, 4) is 51.1 Å². The molecule has 0 bridgehead atoms. The molecule has 0 saturated heterocycles. The van der Waals surface area contributed by atoms with Crippen molar-refractivity contribution in [2.75, 3.05) is 0 Å². The second-order valence-corrected chi connectivity index (χ2v) is 13.4. The zero-order chi connectivity index (χ0) is 33.0. The third-order valence-corrected chi connectivity index (χ3v) is 10.5. The highest BCUT2D eigenvalue weighted by molar-refractivity contribution is 7.25. The lowest BCUT2D eigenvalue weighted by atomic mass is 10.0. The molecule has 0 radical (unpaired) electrons. The van der Waals surface area contributed by atoms with Crippen LogP contribution >= 0.6 is 11.3 Å². The van der Waals surface area contributed by atoms with Gasteiger partial charge in [-0.25, -0.2) is 19.9 Å². The minimum absolute atomic E-state index is 0.569. The topological polar surface area (TPSA) is 56.5 Å². The maximum atomic E-state index is 5.05. The SMILES string of the molecule is c1ccc(-c2nc(-c3ccccc3)nc(-c3cccnc3-n3c4ccccc4c4cc(-c5ccc6sc7ccccc7c6c5)ccc43)n2)cc1. The summed E-state index contributed by atoms with van der Waals surface area (Å²) in [5, 5.41) is 4.92. The van der Waals surface area contributed by atoms with E-state index >= 15 is 0 Å². The van der Waals surface area contributed by atoms with Crippen molar-refractivity contribution < 1.29 is 0 Å². The molecule has 0 fully saturated rings. The van der Waals surface area contributed by atoms with E-state index in [9.17, 15) is 0 Å². The van der Waals surface area contributed by atoms with E-state index in [0.717, 1.165) is 44.3 Å². The lowest BCUT2D eigenvalue weighted by Crippen LogP contribution is -2.05. The second kappa shape index (κ2) is 11.6. The summed E-state index contributed by atoms with van der Waals surface area (Å²) < 4.78 is 4.86. The van der Waals surface area contributed by atoms with E-state index in [0.29, 0.717) is 17.5 Å². The lowest BCUT2D eigenvalue weighted by Gasteiger charge is -2.13. The van der Waals surface area contributed by atoms with E-state index in [2.05, 4.69) is 95.6 Å². The van der Waals surface area contributed by atoms with Crippen molar-refractivity contribution in [1.82, 2.24) is 24.5 Å². The highest BCUT2D eigenvalue weighted by Gasteiger charge is 2.20. The first kappa shape index (κ1) is 28.5. The molecule has 0 aliphatic rings. The van der Waals surface area contributed by atoms with Crippen molar-refractivity contribution in [2.45, 2.75) is 0 Å². The van der Waals surface area contributed by atoms with Crippen LogP contribution in [0.3, 0.4) is 0 Å². The molecule has 0 atom stereocenters. The van der Waals surface area contributed by atoms with Gasteiger partial charge in [0.25, 0.3) is 0 Å². The first-order valence-corrected chi connectivity index (χ1v) is 17.4. The highest BCUT2D eigenvalue weighted by Crippen LogP contribution is 2.39. The van der Waals surface area contributed by atoms with Gasteiger partial charge in [-0.3, -0.25) is 4.57 Å². The van der Waals surface area contributed by atoms with Crippen LogP contribution in [0.15, 0.2) is 164 Å². The minimum Gasteiger partial charge on any atom is -0.293 e. The van der Waals surface area contributed by atoms with Crippen LogP contribution in [0.4, 0.5) is 0 Å². The number of aromatic nitrogens is 5. The maximum Gasteiger partial charge on any atom is 0.167 e. The number of rotatable bonds is 5. The van der Waals surface area contributed by atoms with Crippen LogP contribution in [0, 0.1) is 0 Å². The summed E-state index contributed by atoms with van der Waals surface area (Å²) in [5.74, 6) is 2.57. The Kier molecular flexibility index (Phi) is 6.60. The predicted molar refractivity (Wildman–Crippen MR) is 207 cm³/mol. The number of hydrogen-bond donors (Lipinski definition) is 0. The number of para-hydroxylation sites is 1. The number of thiophene rings is 1. The molecule has 0 aliphatic heterocycles. The fourth-order valence-electron chi connectivity index (χ4n) is 6.97. The quantitative estimate of drug-likeness (QED) is 0.185. The predicted octanol–water partition coefficient (Wildman–Crippen LogP) is 11.4. The summed E-state index contributed by atoms with van der Waals surface area (Å²) in [6.45, 7) is 0. The lowest BCUT2D eigenvalue weighted by molar-refractivity contribution is 1.04. The van der Waals surface area contributed by atoms with Crippen LogP contribution in [-0.2, 0) is 0 Å². The number of hydrogen-bond acceptors (Lipinski definition) is 5. The van der Waals surface area contributed by atoms with E-state index < -0.39 is 0 Å². The van der Waals surface area contributed by atoms with Gasteiger partial charge in [-0.15, -0.1) is 11.3 Å². The van der Waals surface area contributed by atoms with E-state index in [1.54, 1.807) is 0 Å². The third-order valence-electron chi connectivity index (χ3n) is 9.32. The van der Waals surface area contributed by atoms with Gasteiger partial charge < -0.3 is 0 Å². The van der Waals surface area contributed by atoms with Crippen molar-refractivity contribution in [1.29, 1.82) is 0 Å². The Bertz CT molecular complexity index is 2820. The molecule has 6 aromatic carbocycles. The molecular formula is C44H27N5S. The molecule has 4 aromatic heterocycles. The smallest absolute Gasteiger partial charge is 0.167 e. The van der Waals surface area contributed by atoms with Crippen LogP contribution in [0.1, 0.15) is 0 Å². The molecule has 0 spiro atoms. The molecule has 0 unspecified atom stereocenters. The first-order valence-electron chi connectivity index (χ1n) is 16.6. The normalized spacial score (nSPS) is 11.6. The van der Waals surface area contributed by atoms with Gasteiger partial charge in [0.05, 0.1) is 16.6 Å². The zero-order valence-electron chi connectivity index (χ0n) is 26.7. The van der Waals surface area contributed by atoms with Gasteiger partial charge >= 0.3 is 0 Å².